The Morgan fingerprint density at radius 2 is 2.18 bits per heavy atom. The summed E-state index contributed by atoms with van der Waals surface area (Å²) in [5, 5.41) is 14.1. The SMILES string of the molecule is COc1cc(/C=N\NC(=O)c2cccc(Cl)c2)cc(Br)c1O. The molecular weight excluding hydrogens is 372 g/mol. The van der Waals surface area contributed by atoms with Crippen LogP contribution in [0.25, 0.3) is 0 Å². The van der Waals surface area contributed by atoms with Gasteiger partial charge in [0.15, 0.2) is 11.5 Å². The number of nitrogens with one attached hydrogen (secondary N) is 1. The van der Waals surface area contributed by atoms with Crippen molar-refractivity contribution in [2.45, 2.75) is 0 Å². The zero-order valence-corrected chi connectivity index (χ0v) is 13.9. The number of ether oxygens (including phenoxy) is 1. The molecule has 0 fully saturated rings. The van der Waals surface area contributed by atoms with Crippen molar-refractivity contribution in [2.75, 3.05) is 7.11 Å². The van der Waals surface area contributed by atoms with Gasteiger partial charge in [0.25, 0.3) is 5.91 Å². The molecule has 0 aliphatic carbocycles. The zero-order valence-electron chi connectivity index (χ0n) is 11.5. The Morgan fingerprint density at radius 1 is 1.41 bits per heavy atom. The third-order valence-corrected chi connectivity index (χ3v) is 3.58. The van der Waals surface area contributed by atoms with Crippen molar-refractivity contribution >= 4 is 39.7 Å². The summed E-state index contributed by atoms with van der Waals surface area (Å²) >= 11 is 9.03. The van der Waals surface area contributed by atoms with Crippen LogP contribution in [0.4, 0.5) is 0 Å². The highest BCUT2D eigenvalue weighted by Gasteiger charge is 2.08. The number of nitrogens with zero attached hydrogens (tertiary/aromatic N) is 1. The Labute approximate surface area is 140 Å². The fraction of sp³-hybridized carbons (Fsp3) is 0.0667. The maximum Gasteiger partial charge on any atom is 0.271 e. The Bertz CT molecular complexity index is 735. The minimum absolute atomic E-state index is 0.00242. The van der Waals surface area contributed by atoms with Gasteiger partial charge < -0.3 is 9.84 Å². The molecule has 0 heterocycles. The van der Waals surface area contributed by atoms with Gasteiger partial charge in [0, 0.05) is 10.6 Å². The average Bonchev–Trinajstić information content (AvgIpc) is 2.50. The smallest absolute Gasteiger partial charge is 0.271 e. The summed E-state index contributed by atoms with van der Waals surface area (Å²) in [6, 6.07) is 9.79. The van der Waals surface area contributed by atoms with Gasteiger partial charge in [0.2, 0.25) is 0 Å². The molecule has 0 radical (unpaired) electrons. The van der Waals surface area contributed by atoms with Gasteiger partial charge in [-0.1, -0.05) is 17.7 Å². The lowest BCUT2D eigenvalue weighted by atomic mass is 10.2. The van der Waals surface area contributed by atoms with E-state index in [-0.39, 0.29) is 11.7 Å². The summed E-state index contributed by atoms with van der Waals surface area (Å²) in [6.45, 7) is 0. The van der Waals surface area contributed by atoms with E-state index in [4.69, 9.17) is 16.3 Å². The monoisotopic (exact) mass is 382 g/mol. The molecule has 2 N–H and O–H groups in total. The molecule has 114 valence electrons. The number of methoxy groups -OCH3 is 1. The van der Waals surface area contributed by atoms with E-state index >= 15 is 0 Å². The third kappa shape index (κ3) is 3.99. The molecule has 0 saturated heterocycles. The van der Waals surface area contributed by atoms with Gasteiger partial charge in [-0.3, -0.25) is 4.79 Å². The molecule has 5 nitrogen and oxygen atoms in total. The van der Waals surface area contributed by atoms with Crippen molar-refractivity contribution < 1.29 is 14.6 Å². The topological polar surface area (TPSA) is 70.9 Å². The number of amides is 1. The van der Waals surface area contributed by atoms with Crippen molar-refractivity contribution in [3.63, 3.8) is 0 Å². The van der Waals surface area contributed by atoms with Gasteiger partial charge in [-0.25, -0.2) is 5.43 Å². The predicted octanol–water partition coefficient (Wildman–Crippen LogP) is 3.58. The number of phenols is 1. The van der Waals surface area contributed by atoms with E-state index in [1.165, 1.54) is 13.3 Å². The lowest BCUT2D eigenvalue weighted by Gasteiger charge is -2.06. The van der Waals surface area contributed by atoms with E-state index in [1.807, 2.05) is 0 Å². The van der Waals surface area contributed by atoms with Crippen LogP contribution in [0.1, 0.15) is 15.9 Å². The van der Waals surface area contributed by atoms with E-state index in [0.29, 0.717) is 26.4 Å². The predicted molar refractivity (Wildman–Crippen MR) is 88.9 cm³/mol. The molecule has 0 saturated carbocycles. The summed E-state index contributed by atoms with van der Waals surface area (Å²) in [5.74, 6) is -0.0665. The van der Waals surface area contributed by atoms with Crippen LogP contribution in [0.3, 0.4) is 0 Å². The molecule has 0 bridgehead atoms. The number of halogens is 2. The van der Waals surface area contributed by atoms with Crippen molar-refractivity contribution in [2.24, 2.45) is 5.10 Å². The minimum Gasteiger partial charge on any atom is -0.503 e. The molecule has 2 rings (SSSR count). The molecule has 0 unspecified atom stereocenters. The van der Waals surface area contributed by atoms with E-state index in [0.717, 1.165) is 0 Å². The lowest BCUT2D eigenvalue weighted by Crippen LogP contribution is -2.17. The Balaban J connectivity index is 2.10. The fourth-order valence-corrected chi connectivity index (χ4v) is 2.33. The first-order valence-electron chi connectivity index (χ1n) is 6.16. The van der Waals surface area contributed by atoms with Crippen LogP contribution in [-0.4, -0.2) is 24.3 Å². The molecule has 22 heavy (non-hydrogen) atoms. The summed E-state index contributed by atoms with van der Waals surface area (Å²) in [6.07, 6.45) is 1.44. The molecular formula is C15H12BrClN2O3. The Kier molecular flexibility index (Phi) is 5.41. The van der Waals surface area contributed by atoms with Crippen molar-refractivity contribution in [1.82, 2.24) is 5.43 Å². The lowest BCUT2D eigenvalue weighted by molar-refractivity contribution is 0.0955. The van der Waals surface area contributed by atoms with Crippen molar-refractivity contribution in [1.29, 1.82) is 0 Å². The molecule has 0 aromatic heterocycles. The number of benzene rings is 2. The number of hydrogen-bond acceptors (Lipinski definition) is 4. The normalized spacial score (nSPS) is 10.7. The fourth-order valence-electron chi connectivity index (χ4n) is 1.68. The Morgan fingerprint density at radius 3 is 2.86 bits per heavy atom. The van der Waals surface area contributed by atoms with Crippen LogP contribution >= 0.6 is 27.5 Å². The third-order valence-electron chi connectivity index (χ3n) is 2.74. The number of carbonyl (C=O) groups excluding carboxylic acids is 1. The highest BCUT2D eigenvalue weighted by molar-refractivity contribution is 9.10. The average molecular weight is 384 g/mol. The standard InChI is InChI=1S/C15H12BrClN2O3/c1-22-13-6-9(5-12(16)14(13)20)8-18-19-15(21)10-3-2-4-11(17)7-10/h2-8,20H,1H3,(H,19,21)/b18-8-. The Hall–Kier alpha value is -2.05. The van der Waals surface area contributed by atoms with Crippen LogP contribution in [0.2, 0.25) is 5.02 Å². The maximum atomic E-state index is 11.9. The van der Waals surface area contributed by atoms with Crippen molar-refractivity contribution in [3.05, 3.63) is 57.0 Å². The van der Waals surface area contributed by atoms with E-state index < -0.39 is 0 Å². The van der Waals surface area contributed by atoms with E-state index in [9.17, 15) is 9.90 Å². The maximum absolute atomic E-state index is 11.9. The first-order chi connectivity index (χ1) is 10.5. The number of aromatic hydroxyl groups is 1. The summed E-state index contributed by atoms with van der Waals surface area (Å²) in [4.78, 5) is 11.9. The van der Waals surface area contributed by atoms with Crippen LogP contribution in [0.15, 0.2) is 46.0 Å². The van der Waals surface area contributed by atoms with Crippen LogP contribution in [-0.2, 0) is 0 Å². The van der Waals surface area contributed by atoms with Gasteiger partial charge in [-0.2, -0.15) is 5.10 Å². The summed E-state index contributed by atoms with van der Waals surface area (Å²) < 4.78 is 5.50. The van der Waals surface area contributed by atoms with Gasteiger partial charge in [-0.15, -0.1) is 0 Å². The van der Waals surface area contributed by atoms with E-state index in [1.54, 1.807) is 36.4 Å². The molecule has 0 aliphatic heterocycles. The summed E-state index contributed by atoms with van der Waals surface area (Å²) in [5.41, 5.74) is 3.46. The largest absolute Gasteiger partial charge is 0.503 e. The molecule has 0 aliphatic rings. The molecule has 0 atom stereocenters. The number of phenolic OH excluding ortho intramolecular Hbond substituents is 1. The number of rotatable bonds is 4. The van der Waals surface area contributed by atoms with Crippen LogP contribution in [0, 0.1) is 0 Å². The highest BCUT2D eigenvalue weighted by Crippen LogP contribution is 2.34. The zero-order chi connectivity index (χ0) is 16.1. The number of hydrogen-bond donors (Lipinski definition) is 2. The molecule has 1 amide bonds. The van der Waals surface area contributed by atoms with Gasteiger partial charge in [0.1, 0.15) is 0 Å². The second kappa shape index (κ2) is 7.29. The quantitative estimate of drug-likeness (QED) is 0.626. The first-order valence-corrected chi connectivity index (χ1v) is 7.34. The minimum atomic E-state index is -0.372. The molecule has 2 aromatic rings. The molecule has 0 spiro atoms. The van der Waals surface area contributed by atoms with Gasteiger partial charge >= 0.3 is 0 Å². The van der Waals surface area contributed by atoms with Gasteiger partial charge in [0.05, 0.1) is 17.8 Å². The second-order valence-electron chi connectivity index (χ2n) is 4.26. The molecule has 7 heteroatoms. The van der Waals surface area contributed by atoms with Crippen LogP contribution in [0.5, 0.6) is 11.5 Å². The molecule has 2 aromatic carbocycles. The van der Waals surface area contributed by atoms with Crippen LogP contribution < -0.4 is 10.2 Å². The number of hydrazone groups is 1. The summed E-state index contributed by atoms with van der Waals surface area (Å²) in [7, 11) is 1.45. The van der Waals surface area contributed by atoms with Crippen molar-refractivity contribution in [3.8, 4) is 11.5 Å². The van der Waals surface area contributed by atoms with E-state index in [2.05, 4.69) is 26.5 Å². The van der Waals surface area contributed by atoms with Gasteiger partial charge in [-0.05, 0) is 51.8 Å². The highest BCUT2D eigenvalue weighted by atomic mass is 79.9. The second-order valence-corrected chi connectivity index (χ2v) is 5.55. The number of carbonyl (C=O) groups is 1. The first kappa shape index (κ1) is 16.3.